The molecular weight excluding hydrogens is 144 g/mol. The fourth-order valence-electron chi connectivity index (χ4n) is 1.75. The summed E-state index contributed by atoms with van der Waals surface area (Å²) in [4.78, 5) is 10.6. The highest BCUT2D eigenvalue weighted by Gasteiger charge is 2.24. The Hall–Kier alpha value is 0.0200. The maximum atomic E-state index is 10.6. The van der Waals surface area contributed by atoms with Crippen LogP contribution in [-0.2, 0) is 4.79 Å². The molecule has 1 rings (SSSR count). The second kappa shape index (κ2) is 3.42. The van der Waals surface area contributed by atoms with E-state index in [1.807, 2.05) is 0 Å². The molecule has 0 aromatic heterocycles. The van der Waals surface area contributed by atoms with Crippen LogP contribution in [0.2, 0.25) is 0 Å². The van der Waals surface area contributed by atoms with E-state index in [0.717, 1.165) is 5.92 Å². The molecule has 0 bridgehead atoms. The van der Waals surface area contributed by atoms with Gasteiger partial charge in [0.15, 0.2) is 5.12 Å². The molecule has 0 aromatic rings. The molecule has 2 atom stereocenters. The minimum atomic E-state index is 0.0544. The lowest BCUT2D eigenvalue weighted by atomic mass is 9.95. The average Bonchev–Trinajstić information content (AvgIpc) is 2.15. The van der Waals surface area contributed by atoms with Gasteiger partial charge in [0.1, 0.15) is 0 Å². The molecule has 0 aliphatic heterocycles. The van der Waals surface area contributed by atoms with Crippen molar-refractivity contribution in [3.8, 4) is 0 Å². The highest BCUT2D eigenvalue weighted by Crippen LogP contribution is 2.33. The molecule has 0 spiro atoms. The second-order valence-corrected chi connectivity index (χ2v) is 3.76. The van der Waals surface area contributed by atoms with Crippen molar-refractivity contribution in [2.24, 2.45) is 11.8 Å². The van der Waals surface area contributed by atoms with Gasteiger partial charge in [-0.2, -0.15) is 0 Å². The highest BCUT2D eigenvalue weighted by atomic mass is 32.1. The molecule has 0 amide bonds. The summed E-state index contributed by atoms with van der Waals surface area (Å²) in [5.41, 5.74) is 0. The van der Waals surface area contributed by atoms with Gasteiger partial charge in [-0.1, -0.05) is 19.8 Å². The molecule has 1 aliphatic rings. The van der Waals surface area contributed by atoms with E-state index in [1.54, 1.807) is 0 Å². The first-order chi connectivity index (χ1) is 4.70. The van der Waals surface area contributed by atoms with E-state index in [0.29, 0.717) is 12.3 Å². The quantitative estimate of drug-likeness (QED) is 0.610. The Morgan fingerprint density at radius 1 is 1.60 bits per heavy atom. The molecule has 0 N–H and O–H groups in total. The molecule has 10 heavy (non-hydrogen) atoms. The van der Waals surface area contributed by atoms with Crippen molar-refractivity contribution in [1.29, 1.82) is 0 Å². The Bertz CT molecular complexity index is 133. The van der Waals surface area contributed by atoms with E-state index in [-0.39, 0.29) is 5.12 Å². The van der Waals surface area contributed by atoms with E-state index in [9.17, 15) is 4.79 Å². The molecule has 1 aliphatic carbocycles. The SMILES string of the molecule is CC1CCCC1CC(=O)S. The van der Waals surface area contributed by atoms with E-state index in [4.69, 9.17) is 0 Å². The lowest BCUT2D eigenvalue weighted by Crippen LogP contribution is -2.06. The molecular formula is C8H14OS. The van der Waals surface area contributed by atoms with Gasteiger partial charge in [0.2, 0.25) is 0 Å². The standard InChI is InChI=1S/C8H14OS/c1-6-3-2-4-7(6)5-8(9)10/h6-7H,2-5H2,1H3,(H,9,10). The molecule has 0 radical (unpaired) electrons. The maximum absolute atomic E-state index is 10.6. The van der Waals surface area contributed by atoms with Crippen molar-refractivity contribution in [2.45, 2.75) is 32.6 Å². The fourth-order valence-corrected chi connectivity index (χ4v) is 1.98. The number of rotatable bonds is 2. The highest BCUT2D eigenvalue weighted by molar-refractivity contribution is 7.96. The van der Waals surface area contributed by atoms with Gasteiger partial charge in [-0.05, 0) is 18.3 Å². The van der Waals surface area contributed by atoms with Crippen LogP contribution >= 0.6 is 12.6 Å². The van der Waals surface area contributed by atoms with Crippen molar-refractivity contribution in [3.63, 3.8) is 0 Å². The van der Waals surface area contributed by atoms with Gasteiger partial charge >= 0.3 is 0 Å². The van der Waals surface area contributed by atoms with Crippen LogP contribution < -0.4 is 0 Å². The molecule has 2 unspecified atom stereocenters. The van der Waals surface area contributed by atoms with Gasteiger partial charge in [-0.3, -0.25) is 4.79 Å². The van der Waals surface area contributed by atoms with Crippen LogP contribution in [0.1, 0.15) is 32.6 Å². The first-order valence-electron chi connectivity index (χ1n) is 3.92. The normalized spacial score (nSPS) is 32.6. The topological polar surface area (TPSA) is 17.1 Å². The van der Waals surface area contributed by atoms with Crippen LogP contribution in [0.3, 0.4) is 0 Å². The molecule has 0 aromatic carbocycles. The largest absolute Gasteiger partial charge is 0.287 e. The zero-order valence-corrected chi connectivity index (χ0v) is 7.23. The first-order valence-corrected chi connectivity index (χ1v) is 4.36. The van der Waals surface area contributed by atoms with E-state index in [1.165, 1.54) is 19.3 Å². The number of thiol groups is 1. The molecule has 1 fully saturated rings. The van der Waals surface area contributed by atoms with Crippen LogP contribution in [0.15, 0.2) is 0 Å². The van der Waals surface area contributed by atoms with Crippen LogP contribution in [0.25, 0.3) is 0 Å². The summed E-state index contributed by atoms with van der Waals surface area (Å²) in [5.74, 6) is 1.38. The van der Waals surface area contributed by atoms with Gasteiger partial charge in [0, 0.05) is 6.42 Å². The number of hydrogen-bond acceptors (Lipinski definition) is 1. The van der Waals surface area contributed by atoms with Crippen molar-refractivity contribution in [1.82, 2.24) is 0 Å². The third-order valence-electron chi connectivity index (χ3n) is 2.48. The van der Waals surface area contributed by atoms with E-state index >= 15 is 0 Å². The third-order valence-corrected chi connectivity index (χ3v) is 2.66. The fraction of sp³-hybridized carbons (Fsp3) is 0.875. The zero-order valence-electron chi connectivity index (χ0n) is 6.34. The Morgan fingerprint density at radius 2 is 2.30 bits per heavy atom. The summed E-state index contributed by atoms with van der Waals surface area (Å²) >= 11 is 3.77. The summed E-state index contributed by atoms with van der Waals surface area (Å²) in [5, 5.41) is 0.0544. The van der Waals surface area contributed by atoms with Gasteiger partial charge in [-0.15, -0.1) is 12.6 Å². The van der Waals surface area contributed by atoms with Crippen molar-refractivity contribution >= 4 is 17.7 Å². The van der Waals surface area contributed by atoms with Crippen LogP contribution in [-0.4, -0.2) is 5.12 Å². The van der Waals surface area contributed by atoms with Crippen LogP contribution in [0, 0.1) is 11.8 Å². The van der Waals surface area contributed by atoms with Gasteiger partial charge in [-0.25, -0.2) is 0 Å². The summed E-state index contributed by atoms with van der Waals surface area (Å²) in [6.45, 7) is 2.23. The number of carbonyl (C=O) groups is 1. The van der Waals surface area contributed by atoms with Gasteiger partial charge in [0.25, 0.3) is 0 Å². The monoisotopic (exact) mass is 158 g/mol. The molecule has 0 heterocycles. The first kappa shape index (κ1) is 8.12. The molecule has 1 nitrogen and oxygen atoms in total. The lowest BCUT2D eigenvalue weighted by Gasteiger charge is -2.11. The average molecular weight is 158 g/mol. The lowest BCUT2D eigenvalue weighted by molar-refractivity contribution is -0.111. The van der Waals surface area contributed by atoms with Gasteiger partial charge in [0.05, 0.1) is 0 Å². The summed E-state index contributed by atoms with van der Waals surface area (Å²) in [6.07, 6.45) is 4.51. The van der Waals surface area contributed by atoms with E-state index < -0.39 is 0 Å². The Morgan fingerprint density at radius 3 is 2.70 bits per heavy atom. The van der Waals surface area contributed by atoms with Crippen molar-refractivity contribution < 1.29 is 4.79 Å². The molecule has 1 saturated carbocycles. The Balaban J connectivity index is 2.33. The smallest absolute Gasteiger partial charge is 0.186 e. The van der Waals surface area contributed by atoms with Crippen molar-refractivity contribution in [2.75, 3.05) is 0 Å². The minimum Gasteiger partial charge on any atom is -0.287 e. The number of hydrogen-bond donors (Lipinski definition) is 1. The Labute approximate surface area is 67.6 Å². The number of carbonyl (C=O) groups excluding carboxylic acids is 1. The summed E-state index contributed by atoms with van der Waals surface area (Å²) in [6, 6.07) is 0. The zero-order chi connectivity index (χ0) is 7.56. The predicted octanol–water partition coefficient (Wildman–Crippen LogP) is 2.27. The molecule has 2 heteroatoms. The Kier molecular flexibility index (Phi) is 2.78. The second-order valence-electron chi connectivity index (χ2n) is 3.27. The van der Waals surface area contributed by atoms with Crippen LogP contribution in [0.5, 0.6) is 0 Å². The summed E-state index contributed by atoms with van der Waals surface area (Å²) < 4.78 is 0. The van der Waals surface area contributed by atoms with Crippen LogP contribution in [0.4, 0.5) is 0 Å². The van der Waals surface area contributed by atoms with Gasteiger partial charge < -0.3 is 0 Å². The minimum absolute atomic E-state index is 0.0544. The van der Waals surface area contributed by atoms with Crippen molar-refractivity contribution in [3.05, 3.63) is 0 Å². The molecule has 58 valence electrons. The maximum Gasteiger partial charge on any atom is 0.186 e. The van der Waals surface area contributed by atoms with E-state index in [2.05, 4.69) is 19.6 Å². The summed E-state index contributed by atoms with van der Waals surface area (Å²) in [7, 11) is 0. The third kappa shape index (κ3) is 2.01. The predicted molar refractivity (Wildman–Crippen MR) is 45.1 cm³/mol. The molecule has 0 saturated heterocycles.